The van der Waals surface area contributed by atoms with Crippen LogP contribution in [0.1, 0.15) is 25.5 Å². The van der Waals surface area contributed by atoms with Gasteiger partial charge in [-0.3, -0.25) is 0 Å². The number of esters is 1. The minimum absolute atomic E-state index is 0. The van der Waals surface area contributed by atoms with E-state index in [2.05, 4.69) is 20.7 Å². The number of nitrogens with two attached hydrogens (primary N) is 1. The van der Waals surface area contributed by atoms with Gasteiger partial charge in [0.1, 0.15) is 5.75 Å². The van der Waals surface area contributed by atoms with E-state index in [9.17, 15) is 9.18 Å². The van der Waals surface area contributed by atoms with E-state index in [0.717, 1.165) is 4.47 Å². The van der Waals surface area contributed by atoms with Gasteiger partial charge in [0.2, 0.25) is 6.17 Å². The summed E-state index contributed by atoms with van der Waals surface area (Å²) in [7, 11) is 0. The van der Waals surface area contributed by atoms with Gasteiger partial charge in [0.15, 0.2) is 0 Å². The molecule has 2 N–H and O–H groups in total. The largest absolute Gasteiger partial charge is 0.494 e. The SMILES string of the molecule is CCOC(=O)C(F)[C@H](N)c1cc(Br)ccc1OCC.Cl. The number of carbonyl (C=O) groups excluding carboxylic acids is 1. The lowest BCUT2D eigenvalue weighted by Crippen LogP contribution is -2.31. The lowest BCUT2D eigenvalue weighted by atomic mass is 10.0. The molecule has 1 aromatic carbocycles. The van der Waals surface area contributed by atoms with Crippen LogP contribution in [0.15, 0.2) is 22.7 Å². The fraction of sp³-hybridized carbons (Fsp3) is 0.462. The van der Waals surface area contributed by atoms with E-state index in [1.165, 1.54) is 0 Å². The lowest BCUT2D eigenvalue weighted by Gasteiger charge is -2.19. The summed E-state index contributed by atoms with van der Waals surface area (Å²) in [4.78, 5) is 11.4. The van der Waals surface area contributed by atoms with Gasteiger partial charge in [-0.1, -0.05) is 15.9 Å². The minimum Gasteiger partial charge on any atom is -0.494 e. The second kappa shape index (κ2) is 9.15. The Labute approximate surface area is 132 Å². The van der Waals surface area contributed by atoms with Crippen molar-refractivity contribution < 1.29 is 18.7 Å². The summed E-state index contributed by atoms with van der Waals surface area (Å²) in [5, 5.41) is 0. The highest BCUT2D eigenvalue weighted by Crippen LogP contribution is 2.30. The molecule has 0 saturated carbocycles. The quantitative estimate of drug-likeness (QED) is 0.781. The summed E-state index contributed by atoms with van der Waals surface area (Å²) in [5.74, 6) is -0.498. The number of benzene rings is 1. The maximum absolute atomic E-state index is 13.9. The average Bonchev–Trinajstić information content (AvgIpc) is 2.39. The van der Waals surface area contributed by atoms with Gasteiger partial charge < -0.3 is 15.2 Å². The second-order valence-electron chi connectivity index (χ2n) is 3.79. The Bertz CT molecular complexity index is 448. The van der Waals surface area contributed by atoms with Crippen LogP contribution in [-0.4, -0.2) is 25.4 Å². The summed E-state index contributed by atoms with van der Waals surface area (Å²) in [6.45, 7) is 3.97. The minimum atomic E-state index is -1.92. The van der Waals surface area contributed by atoms with Gasteiger partial charge in [0, 0.05) is 10.0 Å². The number of halogens is 3. The maximum Gasteiger partial charge on any atom is 0.342 e. The molecule has 0 fully saturated rings. The molecule has 0 aromatic heterocycles. The molecular weight excluding hydrogens is 353 g/mol. The van der Waals surface area contributed by atoms with Gasteiger partial charge in [-0.2, -0.15) is 0 Å². The molecule has 0 amide bonds. The van der Waals surface area contributed by atoms with E-state index in [0.29, 0.717) is 17.9 Å². The van der Waals surface area contributed by atoms with Crippen molar-refractivity contribution in [3.05, 3.63) is 28.2 Å². The van der Waals surface area contributed by atoms with E-state index >= 15 is 0 Å². The average molecular weight is 371 g/mol. The van der Waals surface area contributed by atoms with Crippen LogP contribution in [0.5, 0.6) is 5.75 Å². The van der Waals surface area contributed by atoms with Crippen LogP contribution in [-0.2, 0) is 9.53 Å². The normalized spacial score (nSPS) is 13.1. The summed E-state index contributed by atoms with van der Waals surface area (Å²) >= 11 is 3.28. The van der Waals surface area contributed by atoms with Crippen LogP contribution < -0.4 is 10.5 Å². The van der Waals surface area contributed by atoms with Crippen molar-refractivity contribution in [2.45, 2.75) is 26.1 Å². The van der Waals surface area contributed by atoms with Gasteiger partial charge in [-0.25, -0.2) is 9.18 Å². The number of rotatable bonds is 6. The predicted molar refractivity (Wildman–Crippen MR) is 81.0 cm³/mol. The molecule has 1 rings (SSSR count). The monoisotopic (exact) mass is 369 g/mol. The smallest absolute Gasteiger partial charge is 0.342 e. The van der Waals surface area contributed by atoms with E-state index in [1.54, 1.807) is 25.1 Å². The van der Waals surface area contributed by atoms with Crippen molar-refractivity contribution in [3.63, 3.8) is 0 Å². The van der Waals surface area contributed by atoms with E-state index in [-0.39, 0.29) is 19.0 Å². The number of hydrogen-bond donors (Lipinski definition) is 1. The molecule has 0 saturated heterocycles. The van der Waals surface area contributed by atoms with E-state index in [4.69, 9.17) is 10.5 Å². The molecule has 0 radical (unpaired) electrons. The molecule has 4 nitrogen and oxygen atoms in total. The van der Waals surface area contributed by atoms with Crippen LogP contribution >= 0.6 is 28.3 Å². The fourth-order valence-electron chi connectivity index (χ4n) is 1.59. The van der Waals surface area contributed by atoms with Crippen LogP contribution in [0.25, 0.3) is 0 Å². The van der Waals surface area contributed by atoms with Crippen molar-refractivity contribution in [2.75, 3.05) is 13.2 Å². The second-order valence-corrected chi connectivity index (χ2v) is 4.71. The first-order valence-corrected chi connectivity index (χ1v) is 6.79. The number of hydrogen-bond acceptors (Lipinski definition) is 4. The fourth-order valence-corrected chi connectivity index (χ4v) is 1.97. The lowest BCUT2D eigenvalue weighted by molar-refractivity contribution is -0.149. The highest BCUT2D eigenvalue weighted by Gasteiger charge is 2.30. The maximum atomic E-state index is 13.9. The van der Waals surface area contributed by atoms with Crippen molar-refractivity contribution in [3.8, 4) is 5.75 Å². The zero-order chi connectivity index (χ0) is 14.4. The topological polar surface area (TPSA) is 61.5 Å². The highest BCUT2D eigenvalue weighted by molar-refractivity contribution is 9.10. The summed E-state index contributed by atoms with van der Waals surface area (Å²) in [6.07, 6.45) is -1.92. The first kappa shape index (κ1) is 19.1. The van der Waals surface area contributed by atoms with Crippen LogP contribution in [0.4, 0.5) is 4.39 Å². The summed E-state index contributed by atoms with van der Waals surface area (Å²) in [6, 6.07) is 3.96. The summed E-state index contributed by atoms with van der Waals surface area (Å²) < 4.78 is 24.7. The predicted octanol–water partition coefficient (Wildman–Crippen LogP) is 3.17. The Kier molecular flexibility index (Phi) is 8.76. The van der Waals surface area contributed by atoms with Gasteiger partial charge in [0.25, 0.3) is 0 Å². The molecule has 0 aliphatic carbocycles. The first-order valence-electron chi connectivity index (χ1n) is 5.99. The molecule has 7 heteroatoms. The van der Waals surface area contributed by atoms with Gasteiger partial charge in [-0.05, 0) is 32.0 Å². The molecular formula is C13H18BrClFNO3. The molecule has 114 valence electrons. The van der Waals surface area contributed by atoms with Crippen molar-refractivity contribution in [1.29, 1.82) is 0 Å². The van der Waals surface area contributed by atoms with Gasteiger partial charge >= 0.3 is 5.97 Å². The Hall–Kier alpha value is -0.850. The molecule has 0 spiro atoms. The zero-order valence-electron chi connectivity index (χ0n) is 11.3. The standard InChI is InChI=1S/C13H17BrFNO3.ClH/c1-3-18-10-6-5-8(14)7-9(10)12(16)11(15)13(17)19-4-2;/h5-7,11-12H,3-4,16H2,1-2H3;1H/t11?,12-;/m1./s1. The van der Waals surface area contributed by atoms with Crippen molar-refractivity contribution >= 4 is 34.3 Å². The molecule has 1 aromatic rings. The van der Waals surface area contributed by atoms with Gasteiger partial charge in [0.05, 0.1) is 19.3 Å². The Morgan fingerprint density at radius 2 is 2.05 bits per heavy atom. The Morgan fingerprint density at radius 3 is 2.60 bits per heavy atom. The van der Waals surface area contributed by atoms with Crippen LogP contribution in [0.3, 0.4) is 0 Å². The third kappa shape index (κ3) is 4.92. The van der Waals surface area contributed by atoms with Gasteiger partial charge in [-0.15, -0.1) is 12.4 Å². The van der Waals surface area contributed by atoms with Crippen LogP contribution in [0.2, 0.25) is 0 Å². The molecule has 0 bridgehead atoms. The summed E-state index contributed by atoms with van der Waals surface area (Å²) in [5.41, 5.74) is 6.22. The Morgan fingerprint density at radius 1 is 1.40 bits per heavy atom. The molecule has 0 aliphatic heterocycles. The van der Waals surface area contributed by atoms with E-state index < -0.39 is 18.2 Å². The Balaban J connectivity index is 0.00000361. The molecule has 0 heterocycles. The number of carbonyl (C=O) groups is 1. The number of alkyl halides is 1. The molecule has 0 aliphatic rings. The third-order valence-corrected chi connectivity index (χ3v) is 2.95. The third-order valence-electron chi connectivity index (χ3n) is 2.46. The van der Waals surface area contributed by atoms with E-state index in [1.807, 2.05) is 6.92 Å². The molecule has 20 heavy (non-hydrogen) atoms. The van der Waals surface area contributed by atoms with Crippen molar-refractivity contribution in [2.24, 2.45) is 5.73 Å². The number of ether oxygens (including phenoxy) is 2. The zero-order valence-corrected chi connectivity index (χ0v) is 13.7. The molecule has 1 unspecified atom stereocenters. The first-order chi connectivity index (χ1) is 9.01. The van der Waals surface area contributed by atoms with Crippen LogP contribution in [0, 0.1) is 0 Å². The molecule has 2 atom stereocenters. The highest BCUT2D eigenvalue weighted by atomic mass is 79.9. The van der Waals surface area contributed by atoms with Crippen molar-refractivity contribution in [1.82, 2.24) is 0 Å².